The molecular formula is C56H107NO5. The predicted octanol–water partition coefficient (Wildman–Crippen LogP) is 16.7. The molecule has 2 atom stereocenters. The van der Waals surface area contributed by atoms with Gasteiger partial charge in [-0.2, -0.15) is 0 Å². The summed E-state index contributed by atoms with van der Waals surface area (Å²) in [7, 11) is 0. The zero-order valence-corrected chi connectivity index (χ0v) is 41.6. The van der Waals surface area contributed by atoms with E-state index in [2.05, 4.69) is 31.3 Å². The number of nitrogens with one attached hydrogen (secondary N) is 1. The maximum atomic E-state index is 12.4. The maximum Gasteiger partial charge on any atom is 0.305 e. The highest BCUT2D eigenvalue weighted by atomic mass is 16.5. The fraction of sp³-hybridized carbons (Fsp3) is 0.893. The summed E-state index contributed by atoms with van der Waals surface area (Å²) in [4.78, 5) is 24.4. The van der Waals surface area contributed by atoms with Crippen LogP contribution in [0, 0.1) is 0 Å². The standard InChI is InChI=1S/C56H107NO5/c1-3-5-7-9-11-13-15-30-34-38-42-46-50-56(61)62-51-47-43-39-35-31-27-25-23-21-19-17-16-18-20-22-24-26-29-33-37-41-45-49-55(60)57-53(52-58)54(59)48-44-40-36-32-28-14-12-10-8-6-4-2/h11,13,44,48,53-54,58-59H,3-10,12,14-43,45-47,49-52H2,1-2H3,(H,57,60)/b13-11-,48-44+. The second-order valence-corrected chi connectivity index (χ2v) is 18.9. The fourth-order valence-electron chi connectivity index (χ4n) is 8.45. The van der Waals surface area contributed by atoms with E-state index >= 15 is 0 Å². The molecule has 0 saturated carbocycles. The summed E-state index contributed by atoms with van der Waals surface area (Å²) >= 11 is 0. The first-order valence-corrected chi connectivity index (χ1v) is 27.6. The van der Waals surface area contributed by atoms with Gasteiger partial charge >= 0.3 is 5.97 Å². The largest absolute Gasteiger partial charge is 0.466 e. The van der Waals surface area contributed by atoms with Crippen molar-refractivity contribution in [3.05, 3.63) is 24.3 Å². The van der Waals surface area contributed by atoms with Crippen LogP contribution in [0.3, 0.4) is 0 Å². The van der Waals surface area contributed by atoms with Gasteiger partial charge in [-0.1, -0.05) is 250 Å². The number of allylic oxidation sites excluding steroid dienone is 3. The van der Waals surface area contributed by atoms with Gasteiger partial charge < -0.3 is 20.3 Å². The van der Waals surface area contributed by atoms with Gasteiger partial charge in [-0.15, -0.1) is 0 Å². The lowest BCUT2D eigenvalue weighted by molar-refractivity contribution is -0.143. The van der Waals surface area contributed by atoms with E-state index in [4.69, 9.17) is 4.74 Å². The Morgan fingerprint density at radius 2 is 0.758 bits per heavy atom. The minimum atomic E-state index is -0.842. The predicted molar refractivity (Wildman–Crippen MR) is 269 cm³/mol. The normalized spacial score (nSPS) is 12.8. The number of unbranched alkanes of at least 4 members (excludes halogenated alkanes) is 38. The average molecular weight is 874 g/mol. The Hall–Kier alpha value is -1.66. The molecule has 0 aliphatic heterocycles. The summed E-state index contributed by atoms with van der Waals surface area (Å²) in [6.45, 7) is 4.87. The van der Waals surface area contributed by atoms with Crippen LogP contribution in [-0.4, -0.2) is 47.4 Å². The molecule has 6 nitrogen and oxygen atoms in total. The van der Waals surface area contributed by atoms with Crippen molar-refractivity contribution in [1.82, 2.24) is 5.32 Å². The smallest absolute Gasteiger partial charge is 0.305 e. The van der Waals surface area contributed by atoms with E-state index in [1.165, 1.54) is 225 Å². The molecule has 1 amide bonds. The van der Waals surface area contributed by atoms with Crippen molar-refractivity contribution in [1.29, 1.82) is 0 Å². The highest BCUT2D eigenvalue weighted by Crippen LogP contribution is 2.17. The lowest BCUT2D eigenvalue weighted by atomic mass is 10.0. The van der Waals surface area contributed by atoms with E-state index in [1.54, 1.807) is 6.08 Å². The second-order valence-electron chi connectivity index (χ2n) is 18.9. The number of carbonyl (C=O) groups is 2. The lowest BCUT2D eigenvalue weighted by Gasteiger charge is -2.20. The molecule has 366 valence electrons. The molecule has 0 aliphatic carbocycles. The highest BCUT2D eigenvalue weighted by molar-refractivity contribution is 5.76. The van der Waals surface area contributed by atoms with E-state index in [-0.39, 0.29) is 18.5 Å². The Balaban J connectivity index is 3.38. The molecule has 2 unspecified atom stereocenters. The number of esters is 1. The molecule has 0 aromatic carbocycles. The number of carbonyl (C=O) groups excluding carboxylic acids is 2. The molecule has 0 saturated heterocycles. The van der Waals surface area contributed by atoms with Crippen molar-refractivity contribution in [2.45, 2.75) is 309 Å². The number of amides is 1. The first kappa shape index (κ1) is 60.3. The van der Waals surface area contributed by atoms with Crippen LogP contribution < -0.4 is 5.32 Å². The molecule has 0 spiro atoms. The van der Waals surface area contributed by atoms with Crippen molar-refractivity contribution in [2.24, 2.45) is 0 Å². The molecule has 0 aromatic heterocycles. The van der Waals surface area contributed by atoms with E-state index < -0.39 is 12.1 Å². The van der Waals surface area contributed by atoms with Crippen LogP contribution >= 0.6 is 0 Å². The Kier molecular flexibility index (Phi) is 50.6. The van der Waals surface area contributed by atoms with Crippen molar-refractivity contribution >= 4 is 11.9 Å². The number of aliphatic hydroxyl groups is 2. The maximum absolute atomic E-state index is 12.4. The minimum Gasteiger partial charge on any atom is -0.466 e. The molecule has 0 heterocycles. The van der Waals surface area contributed by atoms with Crippen molar-refractivity contribution in [3.8, 4) is 0 Å². The lowest BCUT2D eigenvalue weighted by Crippen LogP contribution is -2.45. The zero-order valence-electron chi connectivity index (χ0n) is 41.6. The Morgan fingerprint density at radius 3 is 1.18 bits per heavy atom. The van der Waals surface area contributed by atoms with Crippen LogP contribution in [0.5, 0.6) is 0 Å². The SMILES string of the molecule is CCCCC/C=C\CCCCCCCC(=O)OCCCCCCCCCCCCCCCCCCCCCCCCC(=O)NC(CO)C(O)/C=C/CCCCCCCCCCC. The molecule has 62 heavy (non-hydrogen) atoms. The molecule has 3 N–H and O–H groups in total. The zero-order chi connectivity index (χ0) is 45.1. The number of rotatable bonds is 51. The Labute approximate surface area is 386 Å². The first-order valence-electron chi connectivity index (χ1n) is 27.6. The molecule has 0 aromatic rings. The van der Waals surface area contributed by atoms with Crippen molar-refractivity contribution in [3.63, 3.8) is 0 Å². The van der Waals surface area contributed by atoms with Gasteiger partial charge in [-0.25, -0.2) is 0 Å². The van der Waals surface area contributed by atoms with Gasteiger partial charge in [0.05, 0.1) is 25.4 Å². The van der Waals surface area contributed by atoms with Crippen molar-refractivity contribution in [2.75, 3.05) is 13.2 Å². The van der Waals surface area contributed by atoms with E-state index in [0.717, 1.165) is 44.9 Å². The van der Waals surface area contributed by atoms with Gasteiger partial charge in [0, 0.05) is 12.8 Å². The molecule has 6 heteroatoms. The van der Waals surface area contributed by atoms with Crippen LogP contribution in [0.2, 0.25) is 0 Å². The number of ether oxygens (including phenoxy) is 1. The summed E-state index contributed by atoms with van der Waals surface area (Å²) < 4.78 is 5.46. The minimum absolute atomic E-state index is 0.00230. The highest BCUT2D eigenvalue weighted by Gasteiger charge is 2.18. The number of aliphatic hydroxyl groups excluding tert-OH is 2. The van der Waals surface area contributed by atoms with Gasteiger partial charge in [0.2, 0.25) is 5.91 Å². The van der Waals surface area contributed by atoms with Gasteiger partial charge in [-0.05, 0) is 57.8 Å². The average Bonchev–Trinajstić information content (AvgIpc) is 3.27. The summed E-state index contributed by atoms with van der Waals surface area (Å²) in [6.07, 6.45) is 62.0. The van der Waals surface area contributed by atoms with Crippen LogP contribution in [0.15, 0.2) is 24.3 Å². The van der Waals surface area contributed by atoms with Crippen LogP contribution in [0.25, 0.3) is 0 Å². The van der Waals surface area contributed by atoms with Crippen molar-refractivity contribution < 1.29 is 24.5 Å². The summed E-state index contributed by atoms with van der Waals surface area (Å²) in [5, 5.41) is 23.0. The monoisotopic (exact) mass is 874 g/mol. The van der Waals surface area contributed by atoms with Crippen LogP contribution in [-0.2, 0) is 14.3 Å². The Morgan fingerprint density at radius 1 is 0.435 bits per heavy atom. The van der Waals surface area contributed by atoms with Gasteiger partial charge in [-0.3, -0.25) is 9.59 Å². The molecule has 0 fully saturated rings. The summed E-state index contributed by atoms with van der Waals surface area (Å²) in [5.41, 5.74) is 0. The summed E-state index contributed by atoms with van der Waals surface area (Å²) in [6, 6.07) is -0.626. The third-order valence-corrected chi connectivity index (χ3v) is 12.7. The molecule has 0 bridgehead atoms. The third-order valence-electron chi connectivity index (χ3n) is 12.7. The number of hydrogen-bond acceptors (Lipinski definition) is 5. The van der Waals surface area contributed by atoms with E-state index in [1.807, 2.05) is 6.08 Å². The van der Waals surface area contributed by atoms with Gasteiger partial charge in [0.25, 0.3) is 0 Å². The summed E-state index contributed by atoms with van der Waals surface area (Å²) in [5.74, 6) is -0.0669. The fourth-order valence-corrected chi connectivity index (χ4v) is 8.45. The quantitative estimate of drug-likeness (QED) is 0.0321. The van der Waals surface area contributed by atoms with E-state index in [9.17, 15) is 19.8 Å². The topological polar surface area (TPSA) is 95.9 Å². The third kappa shape index (κ3) is 47.8. The van der Waals surface area contributed by atoms with Crippen LogP contribution in [0.4, 0.5) is 0 Å². The Bertz CT molecular complexity index is 966. The van der Waals surface area contributed by atoms with Gasteiger partial charge in [0.15, 0.2) is 0 Å². The molecule has 0 radical (unpaired) electrons. The molecule has 0 aliphatic rings. The molecular weight excluding hydrogens is 767 g/mol. The van der Waals surface area contributed by atoms with Gasteiger partial charge in [0.1, 0.15) is 0 Å². The number of hydrogen-bond donors (Lipinski definition) is 3. The van der Waals surface area contributed by atoms with Crippen LogP contribution in [0.1, 0.15) is 296 Å². The van der Waals surface area contributed by atoms with E-state index in [0.29, 0.717) is 19.4 Å². The first-order chi connectivity index (χ1) is 30.5. The molecule has 0 rings (SSSR count). The second kappa shape index (κ2) is 52.0.